The highest BCUT2D eigenvalue weighted by molar-refractivity contribution is 9.10. The van der Waals surface area contributed by atoms with E-state index in [2.05, 4.69) is 21.2 Å². The molecule has 19 heavy (non-hydrogen) atoms. The first kappa shape index (κ1) is 13.9. The Morgan fingerprint density at radius 3 is 2.74 bits per heavy atom. The van der Waals surface area contributed by atoms with Crippen LogP contribution in [0.3, 0.4) is 0 Å². The summed E-state index contributed by atoms with van der Waals surface area (Å²) >= 11 is 9.44. The van der Waals surface area contributed by atoms with Crippen molar-refractivity contribution < 1.29 is 4.79 Å². The molecule has 5 heteroatoms. The van der Waals surface area contributed by atoms with Gasteiger partial charge in [-0.3, -0.25) is 4.79 Å². The molecule has 0 radical (unpaired) electrons. The molecule has 0 spiro atoms. The minimum absolute atomic E-state index is 0.245. The zero-order valence-electron chi connectivity index (χ0n) is 10.2. The molecule has 1 amide bonds. The number of hydrogen-bond donors (Lipinski definition) is 2. The number of anilines is 2. The maximum absolute atomic E-state index is 12.1. The first-order valence-electron chi connectivity index (χ1n) is 5.60. The summed E-state index contributed by atoms with van der Waals surface area (Å²) in [7, 11) is 0. The quantitative estimate of drug-likeness (QED) is 0.804. The fourth-order valence-corrected chi connectivity index (χ4v) is 2.22. The molecule has 2 aromatic rings. The van der Waals surface area contributed by atoms with E-state index in [1.165, 1.54) is 0 Å². The lowest BCUT2D eigenvalue weighted by molar-refractivity contribution is 0.102. The summed E-state index contributed by atoms with van der Waals surface area (Å²) in [5.74, 6) is -0.245. The number of rotatable bonds is 2. The molecule has 0 saturated carbocycles. The Bertz CT molecular complexity index is 643. The van der Waals surface area contributed by atoms with E-state index in [4.69, 9.17) is 17.3 Å². The van der Waals surface area contributed by atoms with Gasteiger partial charge in [-0.25, -0.2) is 0 Å². The molecule has 0 fully saturated rings. The zero-order valence-corrected chi connectivity index (χ0v) is 12.5. The third-order valence-electron chi connectivity index (χ3n) is 2.69. The van der Waals surface area contributed by atoms with Crippen LogP contribution in [0.25, 0.3) is 0 Å². The third kappa shape index (κ3) is 3.08. The predicted octanol–water partition coefficient (Wildman–Crippen LogP) is 4.25. The van der Waals surface area contributed by atoms with Gasteiger partial charge < -0.3 is 11.1 Å². The number of aryl methyl sites for hydroxylation is 1. The second-order valence-corrected chi connectivity index (χ2v) is 5.36. The van der Waals surface area contributed by atoms with Crippen LogP contribution < -0.4 is 11.1 Å². The number of halogens is 2. The Kier molecular flexibility index (Phi) is 4.12. The average molecular weight is 340 g/mol. The largest absolute Gasteiger partial charge is 0.398 e. The molecule has 0 bridgehead atoms. The van der Waals surface area contributed by atoms with Gasteiger partial charge in [-0.2, -0.15) is 0 Å². The first-order chi connectivity index (χ1) is 8.99. The Hall–Kier alpha value is -1.52. The van der Waals surface area contributed by atoms with E-state index in [0.717, 1.165) is 10.0 Å². The van der Waals surface area contributed by atoms with Gasteiger partial charge in [0.1, 0.15) is 0 Å². The SMILES string of the molecule is Cc1cccc(C(=O)Nc2ccc(N)c(Br)c2)c1Cl. The lowest BCUT2D eigenvalue weighted by atomic mass is 10.1. The second-order valence-electron chi connectivity index (χ2n) is 4.13. The van der Waals surface area contributed by atoms with Crippen LogP contribution in [0.1, 0.15) is 15.9 Å². The molecule has 2 rings (SSSR count). The van der Waals surface area contributed by atoms with Gasteiger partial charge in [0.15, 0.2) is 0 Å². The van der Waals surface area contributed by atoms with Gasteiger partial charge in [-0.15, -0.1) is 0 Å². The standard InChI is InChI=1S/C14H12BrClN2O/c1-8-3-2-4-10(13(8)16)14(19)18-9-5-6-12(17)11(15)7-9/h2-7H,17H2,1H3,(H,18,19). The zero-order chi connectivity index (χ0) is 14.0. The molecule has 0 aliphatic heterocycles. The topological polar surface area (TPSA) is 55.1 Å². The highest BCUT2D eigenvalue weighted by Gasteiger charge is 2.12. The predicted molar refractivity (Wildman–Crippen MR) is 82.7 cm³/mol. The highest BCUT2D eigenvalue weighted by atomic mass is 79.9. The molecule has 2 aromatic carbocycles. The van der Waals surface area contributed by atoms with Crippen LogP contribution in [-0.2, 0) is 0 Å². The lowest BCUT2D eigenvalue weighted by Gasteiger charge is -2.09. The van der Waals surface area contributed by atoms with Crippen LogP contribution in [0.2, 0.25) is 5.02 Å². The molecule has 3 nitrogen and oxygen atoms in total. The van der Waals surface area contributed by atoms with Gasteiger partial charge in [0.25, 0.3) is 5.91 Å². The Labute approximate surface area is 124 Å². The highest BCUT2D eigenvalue weighted by Crippen LogP contribution is 2.25. The molecule has 0 unspecified atom stereocenters. The van der Waals surface area contributed by atoms with Gasteiger partial charge in [0.2, 0.25) is 0 Å². The van der Waals surface area contributed by atoms with Gasteiger partial charge in [0, 0.05) is 15.8 Å². The van der Waals surface area contributed by atoms with Crippen molar-refractivity contribution >= 4 is 44.8 Å². The molecule has 0 atom stereocenters. The summed E-state index contributed by atoms with van der Waals surface area (Å²) < 4.78 is 0.737. The molecule has 0 heterocycles. The Morgan fingerprint density at radius 1 is 1.32 bits per heavy atom. The van der Waals surface area contributed by atoms with E-state index in [-0.39, 0.29) is 5.91 Å². The number of hydrogen-bond acceptors (Lipinski definition) is 2. The summed E-state index contributed by atoms with van der Waals surface area (Å²) in [6.45, 7) is 1.86. The maximum atomic E-state index is 12.1. The molecule has 0 aliphatic carbocycles. The van der Waals surface area contributed by atoms with E-state index >= 15 is 0 Å². The monoisotopic (exact) mass is 338 g/mol. The molecular weight excluding hydrogens is 328 g/mol. The van der Waals surface area contributed by atoms with Gasteiger partial charge >= 0.3 is 0 Å². The normalized spacial score (nSPS) is 10.3. The molecule has 98 valence electrons. The van der Waals surface area contributed by atoms with Crippen LogP contribution in [0.15, 0.2) is 40.9 Å². The number of benzene rings is 2. The van der Waals surface area contributed by atoms with Gasteiger partial charge in [0.05, 0.1) is 10.6 Å². The van der Waals surface area contributed by atoms with Crippen molar-refractivity contribution in [3.63, 3.8) is 0 Å². The second kappa shape index (κ2) is 5.63. The summed E-state index contributed by atoms with van der Waals surface area (Å²) in [6, 6.07) is 10.6. The summed E-state index contributed by atoms with van der Waals surface area (Å²) in [5, 5.41) is 3.25. The number of amides is 1. The van der Waals surface area contributed by atoms with Crippen LogP contribution >= 0.6 is 27.5 Å². The van der Waals surface area contributed by atoms with Gasteiger partial charge in [-0.1, -0.05) is 23.7 Å². The van der Waals surface area contributed by atoms with E-state index in [1.807, 2.05) is 13.0 Å². The smallest absolute Gasteiger partial charge is 0.257 e. The Morgan fingerprint density at radius 2 is 2.05 bits per heavy atom. The van der Waals surface area contributed by atoms with Crippen LogP contribution in [0.5, 0.6) is 0 Å². The van der Waals surface area contributed by atoms with Crippen molar-refractivity contribution in [2.45, 2.75) is 6.92 Å². The minimum Gasteiger partial charge on any atom is -0.398 e. The van der Waals surface area contributed by atoms with E-state index in [9.17, 15) is 4.79 Å². The number of carbonyl (C=O) groups is 1. The molecule has 0 saturated heterocycles. The number of nitrogen functional groups attached to an aromatic ring is 1. The first-order valence-corrected chi connectivity index (χ1v) is 6.77. The maximum Gasteiger partial charge on any atom is 0.257 e. The van der Waals surface area contributed by atoms with Crippen LogP contribution in [-0.4, -0.2) is 5.91 Å². The molecule has 0 aliphatic rings. The van der Waals surface area contributed by atoms with E-state index in [1.54, 1.807) is 30.3 Å². The fourth-order valence-electron chi connectivity index (χ4n) is 1.63. The summed E-state index contributed by atoms with van der Waals surface area (Å²) in [4.78, 5) is 12.1. The van der Waals surface area contributed by atoms with E-state index in [0.29, 0.717) is 22.0 Å². The van der Waals surface area contributed by atoms with Crippen molar-refractivity contribution in [2.75, 3.05) is 11.1 Å². The van der Waals surface area contributed by atoms with Crippen molar-refractivity contribution in [1.82, 2.24) is 0 Å². The number of nitrogens with two attached hydrogens (primary N) is 1. The lowest BCUT2D eigenvalue weighted by Crippen LogP contribution is -2.12. The van der Waals surface area contributed by atoms with Gasteiger partial charge in [-0.05, 0) is 52.7 Å². The molecule has 0 aromatic heterocycles. The molecule has 3 N–H and O–H groups in total. The summed E-state index contributed by atoms with van der Waals surface area (Å²) in [6.07, 6.45) is 0. The van der Waals surface area contributed by atoms with Crippen LogP contribution in [0.4, 0.5) is 11.4 Å². The van der Waals surface area contributed by atoms with Crippen LogP contribution in [0, 0.1) is 6.92 Å². The fraction of sp³-hybridized carbons (Fsp3) is 0.0714. The molecular formula is C14H12BrClN2O. The van der Waals surface area contributed by atoms with Crippen molar-refractivity contribution in [1.29, 1.82) is 0 Å². The Balaban J connectivity index is 2.26. The summed E-state index contributed by atoms with van der Waals surface area (Å²) in [5.41, 5.74) is 8.29. The number of nitrogens with one attached hydrogen (secondary N) is 1. The van der Waals surface area contributed by atoms with E-state index < -0.39 is 0 Å². The average Bonchev–Trinajstić information content (AvgIpc) is 2.37. The van der Waals surface area contributed by atoms with Crippen molar-refractivity contribution in [3.05, 3.63) is 57.0 Å². The number of carbonyl (C=O) groups excluding carboxylic acids is 1. The third-order valence-corrected chi connectivity index (χ3v) is 3.88. The minimum atomic E-state index is -0.245. The van der Waals surface area contributed by atoms with Crippen molar-refractivity contribution in [3.8, 4) is 0 Å². The van der Waals surface area contributed by atoms with Crippen molar-refractivity contribution in [2.24, 2.45) is 0 Å².